The summed E-state index contributed by atoms with van der Waals surface area (Å²) in [5, 5.41) is 4.22. The van der Waals surface area contributed by atoms with Crippen LogP contribution in [0.25, 0.3) is 10.6 Å². The lowest BCUT2D eigenvalue weighted by Gasteiger charge is -2.19. The number of carbonyl (C=O) groups is 1. The molecule has 1 N–H and O–H groups in total. The van der Waals surface area contributed by atoms with E-state index in [0.29, 0.717) is 27.1 Å². The molecule has 2 aromatic carbocycles. The van der Waals surface area contributed by atoms with Crippen LogP contribution in [0.15, 0.2) is 42.6 Å². The van der Waals surface area contributed by atoms with Crippen LogP contribution in [0.5, 0.6) is 11.5 Å². The number of benzene rings is 2. The van der Waals surface area contributed by atoms with Crippen molar-refractivity contribution in [2.45, 2.75) is 0 Å². The van der Waals surface area contributed by atoms with Crippen molar-refractivity contribution in [2.75, 3.05) is 31.1 Å². The van der Waals surface area contributed by atoms with Gasteiger partial charge in [0.2, 0.25) is 6.79 Å². The summed E-state index contributed by atoms with van der Waals surface area (Å²) in [5.41, 5.74) is 2.28. The van der Waals surface area contributed by atoms with E-state index in [-0.39, 0.29) is 12.7 Å². The summed E-state index contributed by atoms with van der Waals surface area (Å²) >= 11 is 7.57. The van der Waals surface area contributed by atoms with Crippen molar-refractivity contribution in [3.05, 3.63) is 52.5 Å². The summed E-state index contributed by atoms with van der Waals surface area (Å²) in [6, 6.07) is 11.0. The van der Waals surface area contributed by atoms with Crippen molar-refractivity contribution in [3.63, 3.8) is 0 Å². The Bertz CT molecular complexity index is 1020. The summed E-state index contributed by atoms with van der Waals surface area (Å²) in [4.78, 5) is 19.4. The number of rotatable bonds is 4. The number of nitrogens with zero attached hydrogens (tertiary/aromatic N) is 2. The Morgan fingerprint density at radius 3 is 2.85 bits per heavy atom. The van der Waals surface area contributed by atoms with Crippen LogP contribution in [-0.2, 0) is 0 Å². The van der Waals surface area contributed by atoms with Crippen molar-refractivity contribution in [2.24, 2.45) is 0 Å². The highest BCUT2D eigenvalue weighted by Gasteiger charge is 2.18. The fraction of sp³-hybridized carbons (Fsp3) is 0.158. The van der Waals surface area contributed by atoms with Crippen LogP contribution in [0.3, 0.4) is 0 Å². The van der Waals surface area contributed by atoms with E-state index < -0.39 is 0 Å². The van der Waals surface area contributed by atoms with Crippen LogP contribution in [0.1, 0.15) is 9.67 Å². The molecular formula is C19H16ClN3O3S. The van der Waals surface area contributed by atoms with E-state index in [4.69, 9.17) is 21.1 Å². The summed E-state index contributed by atoms with van der Waals surface area (Å²) in [6.07, 6.45) is 1.57. The zero-order valence-corrected chi connectivity index (χ0v) is 16.2. The smallest absolute Gasteiger partial charge is 0.267 e. The molecule has 0 spiro atoms. The van der Waals surface area contributed by atoms with Gasteiger partial charge in [0.05, 0.1) is 22.6 Å². The third kappa shape index (κ3) is 3.43. The molecule has 0 saturated heterocycles. The first-order valence-electron chi connectivity index (χ1n) is 8.16. The number of carbonyl (C=O) groups excluding carboxylic acids is 1. The zero-order valence-electron chi connectivity index (χ0n) is 14.7. The molecule has 8 heteroatoms. The number of para-hydroxylation sites is 1. The number of aromatic nitrogens is 1. The van der Waals surface area contributed by atoms with E-state index in [1.807, 2.05) is 43.3 Å². The fourth-order valence-electron chi connectivity index (χ4n) is 2.80. The van der Waals surface area contributed by atoms with Crippen LogP contribution >= 0.6 is 22.9 Å². The Balaban J connectivity index is 1.57. The first-order valence-corrected chi connectivity index (χ1v) is 9.35. The third-order valence-corrected chi connectivity index (χ3v) is 5.38. The molecule has 1 aliphatic heterocycles. The standard InChI is InChI=1S/C19H16ClN3O3S/c1-23(2)17-12(20)4-3-5-13(17)22-18(24)16-9-21-19(27-16)11-6-7-14-15(8-11)26-10-25-14/h3-9H,10H2,1-2H3,(H,22,24). The molecule has 27 heavy (non-hydrogen) atoms. The van der Waals surface area contributed by atoms with Crippen LogP contribution in [0.4, 0.5) is 11.4 Å². The van der Waals surface area contributed by atoms with Crippen LogP contribution in [0.2, 0.25) is 5.02 Å². The molecule has 0 atom stereocenters. The molecule has 6 nitrogen and oxygen atoms in total. The van der Waals surface area contributed by atoms with E-state index in [1.165, 1.54) is 11.3 Å². The molecule has 0 saturated carbocycles. The van der Waals surface area contributed by atoms with Gasteiger partial charge in [-0.2, -0.15) is 0 Å². The quantitative estimate of drug-likeness (QED) is 0.696. The highest BCUT2D eigenvalue weighted by atomic mass is 35.5. The van der Waals surface area contributed by atoms with Crippen molar-refractivity contribution in [3.8, 4) is 22.1 Å². The third-order valence-electron chi connectivity index (χ3n) is 4.03. The number of fused-ring (bicyclic) bond motifs is 1. The summed E-state index contributed by atoms with van der Waals surface area (Å²) < 4.78 is 10.7. The van der Waals surface area contributed by atoms with Gasteiger partial charge in [0.15, 0.2) is 11.5 Å². The van der Waals surface area contributed by atoms with Gasteiger partial charge in [-0.25, -0.2) is 4.98 Å². The number of anilines is 2. The summed E-state index contributed by atoms with van der Waals surface area (Å²) in [5.74, 6) is 1.17. The normalized spacial score (nSPS) is 12.1. The average molecular weight is 402 g/mol. The summed E-state index contributed by atoms with van der Waals surface area (Å²) in [7, 11) is 3.75. The lowest BCUT2D eigenvalue weighted by molar-refractivity contribution is 0.103. The highest BCUT2D eigenvalue weighted by Crippen LogP contribution is 2.37. The molecule has 0 radical (unpaired) electrons. The Morgan fingerprint density at radius 1 is 1.22 bits per heavy atom. The lowest BCUT2D eigenvalue weighted by Crippen LogP contribution is -2.16. The maximum absolute atomic E-state index is 12.7. The molecule has 1 aliphatic rings. The van der Waals surface area contributed by atoms with Crippen LogP contribution in [0, 0.1) is 0 Å². The molecule has 0 bridgehead atoms. The maximum Gasteiger partial charge on any atom is 0.267 e. The number of amides is 1. The molecule has 0 unspecified atom stereocenters. The van der Waals surface area contributed by atoms with Crippen molar-refractivity contribution in [1.82, 2.24) is 4.98 Å². The molecule has 3 aromatic rings. The number of halogens is 1. The Morgan fingerprint density at radius 2 is 2.04 bits per heavy atom. The van der Waals surface area contributed by atoms with Gasteiger partial charge in [0.1, 0.15) is 9.88 Å². The monoisotopic (exact) mass is 401 g/mol. The number of hydrogen-bond acceptors (Lipinski definition) is 6. The van der Waals surface area contributed by atoms with Gasteiger partial charge in [-0.1, -0.05) is 17.7 Å². The number of ether oxygens (including phenoxy) is 2. The second kappa shape index (κ2) is 7.09. The van der Waals surface area contributed by atoms with Crippen molar-refractivity contribution in [1.29, 1.82) is 0 Å². The molecule has 0 fully saturated rings. The van der Waals surface area contributed by atoms with Gasteiger partial charge in [0, 0.05) is 19.7 Å². The van der Waals surface area contributed by atoms with Gasteiger partial charge in [-0.05, 0) is 30.3 Å². The van der Waals surface area contributed by atoms with Gasteiger partial charge in [0.25, 0.3) is 5.91 Å². The predicted octanol–water partition coefficient (Wildman–Crippen LogP) is 4.51. The molecule has 1 amide bonds. The van der Waals surface area contributed by atoms with Crippen LogP contribution < -0.4 is 19.7 Å². The van der Waals surface area contributed by atoms with Gasteiger partial charge < -0.3 is 19.7 Å². The predicted molar refractivity (Wildman–Crippen MR) is 107 cm³/mol. The Hall–Kier alpha value is -2.77. The molecule has 2 heterocycles. The molecule has 0 aliphatic carbocycles. The SMILES string of the molecule is CN(C)c1c(Cl)cccc1NC(=O)c1cnc(-c2ccc3c(c2)OCO3)s1. The van der Waals surface area contributed by atoms with E-state index in [0.717, 1.165) is 16.3 Å². The highest BCUT2D eigenvalue weighted by molar-refractivity contribution is 7.17. The number of thiazole rings is 1. The maximum atomic E-state index is 12.7. The average Bonchev–Trinajstić information content (AvgIpc) is 3.30. The van der Waals surface area contributed by atoms with E-state index in [1.54, 1.807) is 18.3 Å². The number of nitrogens with one attached hydrogen (secondary N) is 1. The Kier molecular flexibility index (Phi) is 4.63. The second-order valence-electron chi connectivity index (χ2n) is 6.08. The minimum absolute atomic E-state index is 0.220. The Labute approximate surface area is 165 Å². The minimum Gasteiger partial charge on any atom is -0.454 e. The van der Waals surface area contributed by atoms with Gasteiger partial charge in [-0.15, -0.1) is 11.3 Å². The minimum atomic E-state index is -0.232. The van der Waals surface area contributed by atoms with E-state index >= 15 is 0 Å². The zero-order chi connectivity index (χ0) is 19.0. The fourth-order valence-corrected chi connectivity index (χ4v) is 3.95. The van der Waals surface area contributed by atoms with Gasteiger partial charge >= 0.3 is 0 Å². The number of hydrogen-bond donors (Lipinski definition) is 1. The lowest BCUT2D eigenvalue weighted by atomic mass is 10.2. The largest absolute Gasteiger partial charge is 0.454 e. The van der Waals surface area contributed by atoms with Crippen molar-refractivity contribution >= 4 is 40.2 Å². The summed E-state index contributed by atoms with van der Waals surface area (Å²) in [6.45, 7) is 0.220. The first kappa shape index (κ1) is 17.6. The second-order valence-corrected chi connectivity index (χ2v) is 7.52. The van der Waals surface area contributed by atoms with Crippen LogP contribution in [-0.4, -0.2) is 31.8 Å². The van der Waals surface area contributed by atoms with Crippen molar-refractivity contribution < 1.29 is 14.3 Å². The molecule has 4 rings (SSSR count). The van der Waals surface area contributed by atoms with E-state index in [9.17, 15) is 4.79 Å². The molecule has 1 aromatic heterocycles. The van der Waals surface area contributed by atoms with Gasteiger partial charge in [-0.3, -0.25) is 4.79 Å². The topological polar surface area (TPSA) is 63.7 Å². The van der Waals surface area contributed by atoms with E-state index in [2.05, 4.69) is 10.3 Å². The molecular weight excluding hydrogens is 386 g/mol. The molecule has 138 valence electrons. The first-order chi connectivity index (χ1) is 13.0.